The zero-order valence-electron chi connectivity index (χ0n) is 13.1. The lowest BCUT2D eigenvalue weighted by Gasteiger charge is -2.32. The second-order valence-electron chi connectivity index (χ2n) is 5.68. The first kappa shape index (κ1) is 16.3. The Hall–Kier alpha value is -1.06. The molecule has 4 heteroatoms. The van der Waals surface area contributed by atoms with Crippen LogP contribution in [0.2, 0.25) is 5.02 Å². The summed E-state index contributed by atoms with van der Waals surface area (Å²) < 4.78 is 0. The third kappa shape index (κ3) is 3.41. The van der Waals surface area contributed by atoms with Crippen molar-refractivity contribution in [2.24, 2.45) is 0 Å². The van der Waals surface area contributed by atoms with E-state index in [0.29, 0.717) is 0 Å². The minimum Gasteiger partial charge on any atom is -0.319 e. The SMILES string of the molecule is CCCC1NC(c2ccc(Cl)cc2)N(C(CC)CC)C1=O. The molecule has 0 radical (unpaired) electrons. The molecule has 1 aliphatic heterocycles. The topological polar surface area (TPSA) is 32.3 Å². The van der Waals surface area contributed by atoms with Gasteiger partial charge >= 0.3 is 0 Å². The Morgan fingerprint density at radius 3 is 2.33 bits per heavy atom. The predicted molar refractivity (Wildman–Crippen MR) is 87.2 cm³/mol. The van der Waals surface area contributed by atoms with Crippen LogP contribution in [0.3, 0.4) is 0 Å². The van der Waals surface area contributed by atoms with Gasteiger partial charge in [-0.3, -0.25) is 10.1 Å². The van der Waals surface area contributed by atoms with Gasteiger partial charge in [-0.15, -0.1) is 0 Å². The minimum absolute atomic E-state index is 0.0313. The first-order valence-corrected chi connectivity index (χ1v) is 8.33. The lowest BCUT2D eigenvalue weighted by Crippen LogP contribution is -2.39. The Morgan fingerprint density at radius 1 is 1.19 bits per heavy atom. The summed E-state index contributed by atoms with van der Waals surface area (Å²) in [5.41, 5.74) is 1.11. The van der Waals surface area contributed by atoms with Gasteiger partial charge in [0.1, 0.15) is 6.17 Å². The molecule has 1 heterocycles. The number of benzene rings is 1. The number of amides is 1. The number of rotatable bonds is 6. The molecule has 1 fully saturated rings. The molecule has 2 unspecified atom stereocenters. The number of hydrogen-bond acceptors (Lipinski definition) is 2. The van der Waals surface area contributed by atoms with Gasteiger partial charge in [0.15, 0.2) is 0 Å². The van der Waals surface area contributed by atoms with Gasteiger partial charge in [-0.2, -0.15) is 0 Å². The summed E-state index contributed by atoms with van der Waals surface area (Å²) in [5.74, 6) is 0.241. The van der Waals surface area contributed by atoms with E-state index in [9.17, 15) is 4.79 Å². The van der Waals surface area contributed by atoms with Crippen LogP contribution >= 0.6 is 11.6 Å². The highest BCUT2D eigenvalue weighted by Gasteiger charge is 2.41. The fourth-order valence-electron chi connectivity index (χ4n) is 3.12. The van der Waals surface area contributed by atoms with Crippen molar-refractivity contribution >= 4 is 17.5 Å². The van der Waals surface area contributed by atoms with Crippen molar-refractivity contribution in [3.8, 4) is 0 Å². The molecule has 1 amide bonds. The van der Waals surface area contributed by atoms with Gasteiger partial charge in [0, 0.05) is 11.1 Å². The fourth-order valence-corrected chi connectivity index (χ4v) is 3.25. The molecule has 21 heavy (non-hydrogen) atoms. The standard InChI is InChI=1S/C17H25ClN2O/c1-4-7-15-17(21)20(14(5-2)6-3)16(19-15)12-8-10-13(18)11-9-12/h8-11,14-16,19H,4-7H2,1-3H3. The van der Waals surface area contributed by atoms with Crippen LogP contribution in [-0.2, 0) is 4.79 Å². The summed E-state index contributed by atoms with van der Waals surface area (Å²) in [4.78, 5) is 14.8. The second kappa shape index (κ2) is 7.28. The molecule has 0 aliphatic carbocycles. The van der Waals surface area contributed by atoms with Gasteiger partial charge in [-0.05, 0) is 37.0 Å². The number of carbonyl (C=O) groups excluding carboxylic acids is 1. The van der Waals surface area contributed by atoms with Crippen molar-refractivity contribution in [3.05, 3.63) is 34.9 Å². The molecule has 3 nitrogen and oxygen atoms in total. The van der Waals surface area contributed by atoms with Crippen LogP contribution < -0.4 is 5.32 Å². The maximum atomic E-state index is 12.7. The van der Waals surface area contributed by atoms with Gasteiger partial charge in [0.05, 0.1) is 6.04 Å². The number of halogens is 1. The molecular weight excluding hydrogens is 284 g/mol. The van der Waals surface area contributed by atoms with Crippen LogP contribution in [0.15, 0.2) is 24.3 Å². The van der Waals surface area contributed by atoms with Crippen LogP contribution in [0.25, 0.3) is 0 Å². The second-order valence-corrected chi connectivity index (χ2v) is 6.11. The Balaban J connectivity index is 2.31. The highest BCUT2D eigenvalue weighted by molar-refractivity contribution is 6.30. The van der Waals surface area contributed by atoms with Crippen LogP contribution in [0.1, 0.15) is 58.2 Å². The van der Waals surface area contributed by atoms with Gasteiger partial charge in [-0.1, -0.05) is 50.9 Å². The van der Waals surface area contributed by atoms with Crippen LogP contribution in [-0.4, -0.2) is 22.9 Å². The molecule has 1 N–H and O–H groups in total. The van der Waals surface area contributed by atoms with Crippen molar-refractivity contribution in [2.45, 2.75) is 64.7 Å². The third-order valence-electron chi connectivity index (χ3n) is 4.29. The van der Waals surface area contributed by atoms with Crippen molar-refractivity contribution in [1.29, 1.82) is 0 Å². The monoisotopic (exact) mass is 308 g/mol. The minimum atomic E-state index is -0.0590. The molecule has 1 aliphatic rings. The number of carbonyl (C=O) groups is 1. The molecule has 2 rings (SSSR count). The molecule has 1 saturated heterocycles. The summed E-state index contributed by atoms with van der Waals surface area (Å²) in [6, 6.07) is 8.03. The molecule has 0 aromatic heterocycles. The zero-order valence-corrected chi connectivity index (χ0v) is 13.9. The Bertz CT molecular complexity index is 470. The Morgan fingerprint density at radius 2 is 1.81 bits per heavy atom. The average Bonchev–Trinajstić information content (AvgIpc) is 2.80. The molecule has 116 valence electrons. The van der Waals surface area contributed by atoms with Crippen LogP contribution in [0.5, 0.6) is 0 Å². The zero-order chi connectivity index (χ0) is 15.4. The van der Waals surface area contributed by atoms with Gasteiger partial charge in [0.25, 0.3) is 0 Å². The number of nitrogens with zero attached hydrogens (tertiary/aromatic N) is 1. The number of hydrogen-bond donors (Lipinski definition) is 1. The normalized spacial score (nSPS) is 22.3. The lowest BCUT2D eigenvalue weighted by molar-refractivity contribution is -0.132. The van der Waals surface area contributed by atoms with Gasteiger partial charge in [-0.25, -0.2) is 0 Å². The molecule has 2 atom stereocenters. The van der Waals surface area contributed by atoms with Crippen LogP contribution in [0, 0.1) is 0 Å². The Kier molecular flexibility index (Phi) is 5.65. The van der Waals surface area contributed by atoms with Crippen LogP contribution in [0.4, 0.5) is 0 Å². The molecule has 1 aromatic rings. The molecular formula is C17H25ClN2O. The first-order valence-electron chi connectivity index (χ1n) is 7.96. The molecule has 0 bridgehead atoms. The molecule has 0 saturated carbocycles. The van der Waals surface area contributed by atoms with E-state index in [1.54, 1.807) is 0 Å². The van der Waals surface area contributed by atoms with E-state index in [4.69, 9.17) is 11.6 Å². The summed E-state index contributed by atoms with van der Waals surface area (Å²) in [7, 11) is 0. The average molecular weight is 309 g/mol. The summed E-state index contributed by atoms with van der Waals surface area (Å²) in [6.07, 6.45) is 3.82. The highest BCUT2D eigenvalue weighted by Crippen LogP contribution is 2.31. The van der Waals surface area contributed by atoms with Gasteiger partial charge in [0.2, 0.25) is 5.91 Å². The van der Waals surface area contributed by atoms with Crippen molar-refractivity contribution in [3.63, 3.8) is 0 Å². The highest BCUT2D eigenvalue weighted by atomic mass is 35.5. The maximum absolute atomic E-state index is 12.7. The summed E-state index contributed by atoms with van der Waals surface area (Å²) in [5, 5.41) is 4.23. The maximum Gasteiger partial charge on any atom is 0.241 e. The third-order valence-corrected chi connectivity index (χ3v) is 4.54. The summed E-state index contributed by atoms with van der Waals surface area (Å²) in [6.45, 7) is 6.41. The summed E-state index contributed by atoms with van der Waals surface area (Å²) >= 11 is 5.98. The smallest absolute Gasteiger partial charge is 0.241 e. The van der Waals surface area contributed by atoms with E-state index in [-0.39, 0.29) is 24.2 Å². The Labute approximate surface area is 132 Å². The lowest BCUT2D eigenvalue weighted by atomic mass is 10.1. The van der Waals surface area contributed by atoms with E-state index in [1.165, 1.54) is 0 Å². The molecule has 1 aromatic carbocycles. The van der Waals surface area contributed by atoms with E-state index in [0.717, 1.165) is 36.3 Å². The fraction of sp³-hybridized carbons (Fsp3) is 0.588. The van der Waals surface area contributed by atoms with Crippen molar-refractivity contribution < 1.29 is 4.79 Å². The predicted octanol–water partition coefficient (Wildman–Crippen LogP) is 4.13. The largest absolute Gasteiger partial charge is 0.319 e. The van der Waals surface area contributed by atoms with E-state index in [1.807, 2.05) is 29.2 Å². The van der Waals surface area contributed by atoms with E-state index < -0.39 is 0 Å². The van der Waals surface area contributed by atoms with Crippen molar-refractivity contribution in [2.75, 3.05) is 0 Å². The van der Waals surface area contributed by atoms with Crippen molar-refractivity contribution in [1.82, 2.24) is 10.2 Å². The first-order chi connectivity index (χ1) is 10.1. The number of nitrogens with one attached hydrogen (secondary N) is 1. The quantitative estimate of drug-likeness (QED) is 0.857. The van der Waals surface area contributed by atoms with E-state index in [2.05, 4.69) is 26.1 Å². The van der Waals surface area contributed by atoms with Gasteiger partial charge < -0.3 is 4.90 Å². The molecule has 0 spiro atoms. The van der Waals surface area contributed by atoms with E-state index >= 15 is 0 Å².